The number of nitrogens with zero attached hydrogens (tertiary/aromatic N) is 1. The van der Waals surface area contributed by atoms with E-state index in [1.165, 1.54) is 0 Å². The predicted molar refractivity (Wildman–Crippen MR) is 74.1 cm³/mol. The zero-order valence-electron chi connectivity index (χ0n) is 11.0. The van der Waals surface area contributed by atoms with Crippen LogP contribution < -0.4 is 0 Å². The fourth-order valence-corrected chi connectivity index (χ4v) is 2.58. The molecular formula is C13H21NO4S. The molecule has 1 atom stereocenters. The summed E-state index contributed by atoms with van der Waals surface area (Å²) in [5.74, 6) is -1.99. The Kier molecular flexibility index (Phi) is 6.91. The minimum atomic E-state index is -1.17. The second-order valence-corrected chi connectivity index (χ2v) is 5.18. The number of carbonyl (C=O) groups is 3. The van der Waals surface area contributed by atoms with E-state index in [1.807, 2.05) is 0 Å². The van der Waals surface area contributed by atoms with Crippen molar-refractivity contribution in [3.63, 3.8) is 0 Å². The van der Waals surface area contributed by atoms with Gasteiger partial charge in [0, 0.05) is 18.6 Å². The molecule has 1 saturated heterocycles. The molecule has 19 heavy (non-hydrogen) atoms. The number of carbonyl (C=O) groups excluding carboxylic acids is 2. The maximum atomic E-state index is 12.1. The molecular weight excluding hydrogens is 266 g/mol. The quantitative estimate of drug-likeness (QED) is 0.614. The van der Waals surface area contributed by atoms with Crippen LogP contribution in [0.15, 0.2) is 0 Å². The summed E-state index contributed by atoms with van der Waals surface area (Å²) in [5.41, 5.74) is 0. The Hall–Kier alpha value is -1.04. The molecule has 0 aromatic heterocycles. The fraction of sp³-hybridized carbons (Fsp3) is 0.769. The molecule has 1 N–H and O–H groups in total. The predicted octanol–water partition coefficient (Wildman–Crippen LogP) is 1.86. The first-order valence-corrected chi connectivity index (χ1v) is 7.39. The molecule has 0 aromatic carbocycles. The van der Waals surface area contributed by atoms with Crippen LogP contribution in [0.5, 0.6) is 0 Å². The van der Waals surface area contributed by atoms with Crippen LogP contribution >= 0.6 is 12.6 Å². The third-order valence-electron chi connectivity index (χ3n) is 3.34. The smallest absolute Gasteiger partial charge is 0.327 e. The summed E-state index contributed by atoms with van der Waals surface area (Å²) in [6.45, 7) is 0. The first kappa shape index (κ1) is 16.0. The SMILES string of the molecule is O=C(O)[C@H](CS)N1C(=O)CCCCCCCCC1=O. The van der Waals surface area contributed by atoms with E-state index in [4.69, 9.17) is 5.11 Å². The summed E-state index contributed by atoms with van der Waals surface area (Å²) in [6, 6.07) is -1.15. The Morgan fingerprint density at radius 2 is 1.47 bits per heavy atom. The Labute approximate surface area is 118 Å². The van der Waals surface area contributed by atoms with Crippen LogP contribution in [0.4, 0.5) is 0 Å². The molecule has 108 valence electrons. The van der Waals surface area contributed by atoms with Gasteiger partial charge < -0.3 is 5.11 Å². The second kappa shape index (κ2) is 8.19. The van der Waals surface area contributed by atoms with Crippen LogP contribution in [0.1, 0.15) is 51.4 Å². The number of amides is 2. The molecule has 1 aliphatic rings. The van der Waals surface area contributed by atoms with Crippen molar-refractivity contribution in [2.45, 2.75) is 57.4 Å². The van der Waals surface area contributed by atoms with E-state index >= 15 is 0 Å². The summed E-state index contributed by atoms with van der Waals surface area (Å²) >= 11 is 3.95. The van der Waals surface area contributed by atoms with Gasteiger partial charge in [-0.25, -0.2) is 4.79 Å². The molecule has 0 bridgehead atoms. The first-order chi connectivity index (χ1) is 9.07. The van der Waals surface area contributed by atoms with Gasteiger partial charge in [0.1, 0.15) is 6.04 Å². The van der Waals surface area contributed by atoms with E-state index in [9.17, 15) is 14.4 Å². The normalized spacial score (nSPS) is 20.8. The summed E-state index contributed by atoms with van der Waals surface area (Å²) in [6.07, 6.45) is 5.93. The Bertz CT molecular complexity index is 324. The molecule has 1 heterocycles. The van der Waals surface area contributed by atoms with Crippen LogP contribution in [0, 0.1) is 0 Å². The van der Waals surface area contributed by atoms with Gasteiger partial charge in [-0.3, -0.25) is 14.5 Å². The van der Waals surface area contributed by atoms with Crippen molar-refractivity contribution in [2.24, 2.45) is 0 Å². The minimum Gasteiger partial charge on any atom is -0.480 e. The van der Waals surface area contributed by atoms with Crippen molar-refractivity contribution in [2.75, 3.05) is 5.75 Å². The van der Waals surface area contributed by atoms with Crippen LogP contribution in [-0.4, -0.2) is 39.6 Å². The van der Waals surface area contributed by atoms with Crippen LogP contribution in [0.3, 0.4) is 0 Å². The van der Waals surface area contributed by atoms with E-state index in [2.05, 4.69) is 12.6 Å². The number of rotatable bonds is 3. The van der Waals surface area contributed by atoms with Crippen molar-refractivity contribution in [1.29, 1.82) is 0 Å². The number of hydrogen-bond acceptors (Lipinski definition) is 4. The lowest BCUT2D eigenvalue weighted by Gasteiger charge is -2.26. The topological polar surface area (TPSA) is 74.7 Å². The van der Waals surface area contributed by atoms with Crippen molar-refractivity contribution >= 4 is 30.4 Å². The van der Waals surface area contributed by atoms with Gasteiger partial charge in [-0.15, -0.1) is 0 Å². The van der Waals surface area contributed by atoms with Crippen LogP contribution in [0.2, 0.25) is 0 Å². The van der Waals surface area contributed by atoms with Gasteiger partial charge in [-0.05, 0) is 12.8 Å². The number of imide groups is 1. The highest BCUT2D eigenvalue weighted by Gasteiger charge is 2.33. The fourth-order valence-electron chi connectivity index (χ4n) is 2.26. The number of carboxylic acid groups (broad SMARTS) is 1. The van der Waals surface area contributed by atoms with E-state index in [1.54, 1.807) is 0 Å². The van der Waals surface area contributed by atoms with Crippen molar-refractivity contribution in [3.05, 3.63) is 0 Å². The lowest BCUT2D eigenvalue weighted by molar-refractivity contribution is -0.157. The van der Waals surface area contributed by atoms with E-state index in [-0.39, 0.29) is 30.4 Å². The first-order valence-electron chi connectivity index (χ1n) is 6.76. The average Bonchev–Trinajstić information content (AvgIpc) is 2.39. The van der Waals surface area contributed by atoms with Crippen molar-refractivity contribution in [3.8, 4) is 0 Å². The van der Waals surface area contributed by atoms with E-state index in [0.717, 1.165) is 30.6 Å². The molecule has 0 aliphatic carbocycles. The number of hydrogen-bond donors (Lipinski definition) is 2. The monoisotopic (exact) mass is 287 g/mol. The molecule has 5 nitrogen and oxygen atoms in total. The lowest BCUT2D eigenvalue weighted by Crippen LogP contribution is -2.49. The molecule has 1 aliphatic heterocycles. The zero-order valence-corrected chi connectivity index (χ0v) is 11.9. The Morgan fingerprint density at radius 1 is 1.05 bits per heavy atom. The lowest BCUT2D eigenvalue weighted by atomic mass is 10.1. The van der Waals surface area contributed by atoms with E-state index < -0.39 is 12.0 Å². The van der Waals surface area contributed by atoms with Gasteiger partial charge in [0.25, 0.3) is 0 Å². The molecule has 1 rings (SSSR count). The van der Waals surface area contributed by atoms with Gasteiger partial charge in [-0.2, -0.15) is 12.6 Å². The summed E-state index contributed by atoms with van der Waals surface area (Å²) < 4.78 is 0. The van der Waals surface area contributed by atoms with Gasteiger partial charge in [0.15, 0.2) is 0 Å². The number of aliphatic carboxylic acids is 1. The minimum absolute atomic E-state index is 0.0488. The Balaban J connectivity index is 2.86. The zero-order chi connectivity index (χ0) is 14.3. The molecule has 0 aromatic rings. The van der Waals surface area contributed by atoms with Gasteiger partial charge >= 0.3 is 5.97 Å². The Morgan fingerprint density at radius 3 is 1.84 bits per heavy atom. The largest absolute Gasteiger partial charge is 0.480 e. The highest BCUT2D eigenvalue weighted by molar-refractivity contribution is 7.80. The third-order valence-corrected chi connectivity index (χ3v) is 3.68. The third kappa shape index (κ3) is 4.86. The van der Waals surface area contributed by atoms with Gasteiger partial charge in [0.05, 0.1) is 0 Å². The maximum absolute atomic E-state index is 12.1. The molecule has 2 amide bonds. The standard InChI is InChI=1S/C13H21NO4S/c15-11-7-5-3-1-2-4-6-8-12(16)14(11)10(9-19)13(17)18/h10,19H,1-9H2,(H,17,18)/t10-/m0/s1. The molecule has 0 unspecified atom stereocenters. The highest BCUT2D eigenvalue weighted by atomic mass is 32.1. The highest BCUT2D eigenvalue weighted by Crippen LogP contribution is 2.16. The van der Waals surface area contributed by atoms with Crippen LogP contribution in [-0.2, 0) is 14.4 Å². The van der Waals surface area contributed by atoms with Crippen LogP contribution in [0.25, 0.3) is 0 Å². The molecule has 0 spiro atoms. The molecule has 6 heteroatoms. The molecule has 0 radical (unpaired) electrons. The van der Waals surface area contributed by atoms with Crippen molar-refractivity contribution < 1.29 is 19.5 Å². The molecule has 0 saturated carbocycles. The second-order valence-electron chi connectivity index (χ2n) is 4.82. The number of carboxylic acids is 1. The summed E-state index contributed by atoms with van der Waals surface area (Å²) in [4.78, 5) is 36.2. The summed E-state index contributed by atoms with van der Waals surface area (Å²) in [5, 5.41) is 9.11. The van der Waals surface area contributed by atoms with Crippen molar-refractivity contribution in [1.82, 2.24) is 4.90 Å². The number of thiol groups is 1. The van der Waals surface area contributed by atoms with E-state index in [0.29, 0.717) is 12.8 Å². The average molecular weight is 287 g/mol. The van der Waals surface area contributed by atoms with Gasteiger partial charge in [-0.1, -0.05) is 25.7 Å². The maximum Gasteiger partial charge on any atom is 0.327 e. The van der Waals surface area contributed by atoms with Gasteiger partial charge in [0.2, 0.25) is 11.8 Å². The molecule has 1 fully saturated rings. The summed E-state index contributed by atoms with van der Waals surface area (Å²) in [7, 11) is 0.